The number of nitrogens with one attached hydrogen (secondary N) is 2. The van der Waals surface area contributed by atoms with Gasteiger partial charge < -0.3 is 10.1 Å². The number of anilines is 1. The van der Waals surface area contributed by atoms with Gasteiger partial charge in [-0.3, -0.25) is 9.89 Å². The quantitative estimate of drug-likeness (QED) is 0.716. The molecule has 26 heavy (non-hydrogen) atoms. The monoisotopic (exact) mass is 349 g/mol. The minimum Gasteiger partial charge on any atom is -0.497 e. The van der Waals surface area contributed by atoms with Crippen LogP contribution in [0.25, 0.3) is 10.9 Å². The van der Waals surface area contributed by atoms with Gasteiger partial charge in [-0.1, -0.05) is 26.0 Å². The molecule has 2 atom stereocenters. The molecule has 0 spiro atoms. The van der Waals surface area contributed by atoms with Crippen LogP contribution in [0.5, 0.6) is 5.75 Å². The van der Waals surface area contributed by atoms with Crippen molar-refractivity contribution in [2.75, 3.05) is 12.4 Å². The van der Waals surface area contributed by atoms with Crippen LogP contribution in [0.4, 0.5) is 5.69 Å². The number of aromatic nitrogens is 2. The Morgan fingerprint density at radius 2 is 2.12 bits per heavy atom. The van der Waals surface area contributed by atoms with E-state index in [2.05, 4.69) is 47.6 Å². The number of rotatable bonds is 5. The molecule has 4 rings (SSSR count). The van der Waals surface area contributed by atoms with E-state index >= 15 is 0 Å². The van der Waals surface area contributed by atoms with E-state index in [0.717, 1.165) is 34.3 Å². The maximum atomic E-state index is 12.7. The van der Waals surface area contributed by atoms with Gasteiger partial charge in [0.1, 0.15) is 5.75 Å². The molecular formula is C21H23N3O2. The third-order valence-electron chi connectivity index (χ3n) is 5.16. The molecular weight excluding hydrogens is 326 g/mol. The Morgan fingerprint density at radius 1 is 1.27 bits per heavy atom. The van der Waals surface area contributed by atoms with Crippen molar-refractivity contribution in [1.82, 2.24) is 10.2 Å². The minimum atomic E-state index is 0.0254. The number of carbonyl (C=O) groups is 1. The van der Waals surface area contributed by atoms with Crippen LogP contribution in [0.2, 0.25) is 0 Å². The van der Waals surface area contributed by atoms with Crippen LogP contribution >= 0.6 is 0 Å². The number of fused-ring (bicyclic) bond motifs is 1. The van der Waals surface area contributed by atoms with Crippen LogP contribution in [0.3, 0.4) is 0 Å². The van der Waals surface area contributed by atoms with Gasteiger partial charge in [0.05, 0.1) is 18.8 Å². The fourth-order valence-corrected chi connectivity index (χ4v) is 3.52. The molecule has 2 aromatic carbocycles. The first-order valence-corrected chi connectivity index (χ1v) is 8.98. The van der Waals surface area contributed by atoms with E-state index in [1.54, 1.807) is 7.11 Å². The molecule has 1 saturated carbocycles. The summed E-state index contributed by atoms with van der Waals surface area (Å²) in [5.41, 5.74) is 4.18. The van der Waals surface area contributed by atoms with E-state index in [4.69, 9.17) is 4.74 Å². The van der Waals surface area contributed by atoms with Crippen molar-refractivity contribution >= 4 is 22.5 Å². The third-order valence-corrected chi connectivity index (χ3v) is 5.16. The Morgan fingerprint density at radius 3 is 2.88 bits per heavy atom. The average molecular weight is 349 g/mol. The number of H-pyrrole nitrogens is 1. The van der Waals surface area contributed by atoms with Gasteiger partial charge in [-0.15, -0.1) is 0 Å². The van der Waals surface area contributed by atoms with Gasteiger partial charge in [0.2, 0.25) is 5.91 Å². The highest BCUT2D eigenvalue weighted by Crippen LogP contribution is 2.48. The van der Waals surface area contributed by atoms with E-state index in [1.165, 1.54) is 5.56 Å². The van der Waals surface area contributed by atoms with Crippen molar-refractivity contribution in [2.24, 2.45) is 5.92 Å². The molecule has 1 fully saturated rings. The van der Waals surface area contributed by atoms with Crippen molar-refractivity contribution in [3.05, 3.63) is 53.7 Å². The highest BCUT2D eigenvalue weighted by Gasteiger charge is 2.44. The van der Waals surface area contributed by atoms with Crippen LogP contribution in [-0.4, -0.2) is 23.2 Å². The Kier molecular flexibility index (Phi) is 4.15. The lowest BCUT2D eigenvalue weighted by Crippen LogP contribution is -2.16. The molecule has 1 aromatic heterocycles. The molecule has 0 aliphatic heterocycles. The summed E-state index contributed by atoms with van der Waals surface area (Å²) in [5, 5.41) is 11.3. The fraction of sp³-hybridized carbons (Fsp3) is 0.333. The van der Waals surface area contributed by atoms with Gasteiger partial charge in [0.25, 0.3) is 0 Å². The topological polar surface area (TPSA) is 67.0 Å². The largest absolute Gasteiger partial charge is 0.497 e. The lowest BCUT2D eigenvalue weighted by atomic mass is 10.0. The lowest BCUT2D eigenvalue weighted by molar-refractivity contribution is -0.117. The minimum absolute atomic E-state index is 0.0254. The van der Waals surface area contributed by atoms with Gasteiger partial charge in [0.15, 0.2) is 0 Å². The number of aromatic amines is 1. The first kappa shape index (κ1) is 16.6. The number of methoxy groups -OCH3 is 1. The molecule has 0 saturated heterocycles. The molecule has 1 heterocycles. The third kappa shape index (κ3) is 3.05. The molecule has 5 nitrogen and oxygen atoms in total. The summed E-state index contributed by atoms with van der Waals surface area (Å²) >= 11 is 0. The Balaban J connectivity index is 1.49. The van der Waals surface area contributed by atoms with Crippen LogP contribution in [-0.2, 0) is 4.79 Å². The van der Waals surface area contributed by atoms with E-state index in [-0.39, 0.29) is 17.7 Å². The van der Waals surface area contributed by atoms with E-state index < -0.39 is 0 Å². The molecule has 5 heteroatoms. The number of ether oxygens (including phenoxy) is 1. The van der Waals surface area contributed by atoms with Crippen LogP contribution in [0.1, 0.15) is 43.2 Å². The summed E-state index contributed by atoms with van der Waals surface area (Å²) in [6.45, 7) is 4.23. The molecule has 1 aliphatic rings. The number of nitrogens with zero attached hydrogens (tertiary/aromatic N) is 1. The molecule has 3 aromatic rings. The highest BCUT2D eigenvalue weighted by molar-refractivity contribution is 5.96. The summed E-state index contributed by atoms with van der Waals surface area (Å²) < 4.78 is 5.31. The summed E-state index contributed by atoms with van der Waals surface area (Å²) in [6.07, 6.45) is 2.70. The van der Waals surface area contributed by atoms with Gasteiger partial charge in [-0.25, -0.2) is 0 Å². The number of amides is 1. The van der Waals surface area contributed by atoms with Crippen molar-refractivity contribution < 1.29 is 9.53 Å². The summed E-state index contributed by atoms with van der Waals surface area (Å²) in [4.78, 5) is 12.7. The van der Waals surface area contributed by atoms with Crippen LogP contribution in [0.15, 0.2) is 42.6 Å². The molecule has 0 bridgehead atoms. The Bertz CT molecular complexity index is 961. The zero-order valence-electron chi connectivity index (χ0n) is 15.2. The second-order valence-electron chi connectivity index (χ2n) is 7.26. The zero-order chi connectivity index (χ0) is 18.3. The smallest absolute Gasteiger partial charge is 0.228 e. The first-order chi connectivity index (χ1) is 12.6. The molecule has 0 radical (unpaired) electrons. The van der Waals surface area contributed by atoms with Gasteiger partial charge in [0, 0.05) is 17.0 Å². The normalized spacial score (nSPS) is 18.9. The van der Waals surface area contributed by atoms with Crippen molar-refractivity contribution in [1.29, 1.82) is 0 Å². The van der Waals surface area contributed by atoms with Gasteiger partial charge in [-0.2, -0.15) is 5.10 Å². The average Bonchev–Trinajstić information content (AvgIpc) is 3.31. The molecule has 1 amide bonds. The standard InChI is InChI=1S/C21H23N3O2/c1-12(2)16-9-15(26-3)6-7-19(16)23-21(25)18-10-17(18)13-4-5-14-11-22-24-20(14)8-13/h4-9,11-12,17-18H,10H2,1-3H3,(H,22,24)(H,23,25)/t17-,18+/m0/s1. The molecule has 2 N–H and O–H groups in total. The predicted octanol–water partition coefficient (Wildman–Crippen LogP) is 4.44. The fourth-order valence-electron chi connectivity index (χ4n) is 3.52. The van der Waals surface area contributed by atoms with Gasteiger partial charge in [-0.05, 0) is 53.6 Å². The molecule has 134 valence electrons. The van der Waals surface area contributed by atoms with Crippen LogP contribution in [0, 0.1) is 5.92 Å². The predicted molar refractivity (Wildman–Crippen MR) is 103 cm³/mol. The number of hydrogen-bond donors (Lipinski definition) is 2. The Labute approximate surface area is 152 Å². The summed E-state index contributed by atoms with van der Waals surface area (Å²) in [5.74, 6) is 1.51. The first-order valence-electron chi connectivity index (χ1n) is 8.98. The number of hydrogen-bond acceptors (Lipinski definition) is 3. The molecule has 1 aliphatic carbocycles. The summed E-state index contributed by atoms with van der Waals surface area (Å²) in [7, 11) is 1.66. The summed E-state index contributed by atoms with van der Waals surface area (Å²) in [6, 6.07) is 12.1. The second kappa shape index (κ2) is 6.48. The zero-order valence-corrected chi connectivity index (χ0v) is 15.2. The maximum absolute atomic E-state index is 12.7. The van der Waals surface area contributed by atoms with Crippen molar-refractivity contribution in [2.45, 2.75) is 32.1 Å². The Hall–Kier alpha value is -2.82. The highest BCUT2D eigenvalue weighted by atomic mass is 16.5. The lowest BCUT2D eigenvalue weighted by Gasteiger charge is -2.15. The van der Waals surface area contributed by atoms with Gasteiger partial charge >= 0.3 is 0 Å². The number of carbonyl (C=O) groups excluding carboxylic acids is 1. The van der Waals surface area contributed by atoms with E-state index in [0.29, 0.717) is 5.92 Å². The SMILES string of the molecule is COc1ccc(NC(=O)[C@@H]2C[C@H]2c2ccc3cn[nH]c3c2)c(C(C)C)c1. The van der Waals surface area contributed by atoms with E-state index in [1.807, 2.05) is 24.4 Å². The number of benzene rings is 2. The van der Waals surface area contributed by atoms with Crippen molar-refractivity contribution in [3.63, 3.8) is 0 Å². The van der Waals surface area contributed by atoms with E-state index in [9.17, 15) is 4.79 Å². The van der Waals surface area contributed by atoms with Crippen LogP contribution < -0.4 is 10.1 Å². The maximum Gasteiger partial charge on any atom is 0.228 e. The molecule has 0 unspecified atom stereocenters. The second-order valence-corrected chi connectivity index (χ2v) is 7.26. The van der Waals surface area contributed by atoms with Crippen molar-refractivity contribution in [3.8, 4) is 5.75 Å².